The van der Waals surface area contributed by atoms with Crippen LogP contribution in [0.2, 0.25) is 0 Å². The van der Waals surface area contributed by atoms with Crippen molar-refractivity contribution < 1.29 is 9.53 Å². The monoisotopic (exact) mass is 384 g/mol. The summed E-state index contributed by atoms with van der Waals surface area (Å²) in [6.07, 6.45) is 0. The molecule has 2 aromatic heterocycles. The van der Waals surface area contributed by atoms with Gasteiger partial charge in [-0.15, -0.1) is 11.3 Å². The van der Waals surface area contributed by atoms with Crippen molar-refractivity contribution in [1.82, 2.24) is 9.97 Å². The Morgan fingerprint density at radius 3 is 3.00 bits per heavy atom. The molecule has 0 saturated heterocycles. The number of thiophene rings is 1. The molecule has 1 aromatic carbocycles. The number of nitrogens with one attached hydrogen (secondary N) is 1. The number of para-hydroxylation sites is 1. The number of fused-ring (bicyclic) bond motifs is 1. The predicted molar refractivity (Wildman–Crippen MR) is 83.5 cm³/mol. The van der Waals surface area contributed by atoms with Crippen molar-refractivity contribution in [3.63, 3.8) is 0 Å². The summed E-state index contributed by atoms with van der Waals surface area (Å²) in [5.41, 5.74) is 2.98. The minimum Gasteiger partial charge on any atom is -0.465 e. The van der Waals surface area contributed by atoms with Crippen molar-refractivity contribution in [2.24, 2.45) is 0 Å². The standard InChI is InChI=1S/C13H9IN2O2S/c1-18-13(17)8-3-2-4-9-11(8)16-12(15-9)7-5-10(14)19-6-7/h2-6H,1H3,(H,15,16). The van der Waals surface area contributed by atoms with Crippen LogP contribution in [0.1, 0.15) is 10.4 Å². The van der Waals surface area contributed by atoms with Crippen molar-refractivity contribution in [3.05, 3.63) is 38.1 Å². The molecule has 0 spiro atoms. The maximum atomic E-state index is 11.7. The number of methoxy groups -OCH3 is 1. The SMILES string of the molecule is COC(=O)c1cccc2[nH]c(-c3csc(I)c3)nc12. The number of H-pyrrole nitrogens is 1. The van der Waals surface area contributed by atoms with E-state index in [1.54, 1.807) is 17.4 Å². The zero-order valence-electron chi connectivity index (χ0n) is 9.94. The number of nitrogens with zero attached hydrogens (tertiary/aromatic N) is 1. The molecular weight excluding hydrogens is 375 g/mol. The van der Waals surface area contributed by atoms with Crippen LogP contribution >= 0.6 is 33.9 Å². The van der Waals surface area contributed by atoms with Gasteiger partial charge < -0.3 is 9.72 Å². The van der Waals surface area contributed by atoms with Crippen molar-refractivity contribution in [3.8, 4) is 11.4 Å². The normalized spacial score (nSPS) is 10.8. The summed E-state index contributed by atoms with van der Waals surface area (Å²) < 4.78 is 5.97. The van der Waals surface area contributed by atoms with Crippen LogP contribution in [-0.2, 0) is 4.74 Å². The topological polar surface area (TPSA) is 55.0 Å². The van der Waals surface area contributed by atoms with Gasteiger partial charge in [-0.25, -0.2) is 9.78 Å². The molecule has 2 heterocycles. The van der Waals surface area contributed by atoms with Crippen LogP contribution in [0.4, 0.5) is 0 Å². The minimum absolute atomic E-state index is 0.372. The van der Waals surface area contributed by atoms with Crippen LogP contribution in [-0.4, -0.2) is 23.0 Å². The van der Waals surface area contributed by atoms with Crippen LogP contribution < -0.4 is 0 Å². The zero-order chi connectivity index (χ0) is 13.4. The van der Waals surface area contributed by atoms with E-state index in [9.17, 15) is 4.79 Å². The molecule has 0 saturated carbocycles. The van der Waals surface area contributed by atoms with E-state index < -0.39 is 0 Å². The summed E-state index contributed by atoms with van der Waals surface area (Å²) in [5.74, 6) is 0.397. The van der Waals surface area contributed by atoms with E-state index in [2.05, 4.69) is 38.6 Å². The average molecular weight is 384 g/mol. The lowest BCUT2D eigenvalue weighted by Crippen LogP contribution is -2.01. The van der Waals surface area contributed by atoms with Gasteiger partial charge in [-0.3, -0.25) is 0 Å². The van der Waals surface area contributed by atoms with Crippen molar-refractivity contribution >= 4 is 50.9 Å². The molecule has 0 atom stereocenters. The number of carbonyl (C=O) groups excluding carboxylic acids is 1. The third-order valence-electron chi connectivity index (χ3n) is 2.76. The van der Waals surface area contributed by atoms with Crippen LogP contribution in [0.3, 0.4) is 0 Å². The van der Waals surface area contributed by atoms with Gasteiger partial charge in [0.25, 0.3) is 0 Å². The molecule has 0 aliphatic carbocycles. The lowest BCUT2D eigenvalue weighted by atomic mass is 10.2. The molecular formula is C13H9IN2O2S. The third kappa shape index (κ3) is 2.25. The molecule has 96 valence electrons. The van der Waals surface area contributed by atoms with Gasteiger partial charge in [-0.2, -0.15) is 0 Å². The van der Waals surface area contributed by atoms with Gasteiger partial charge in [0.2, 0.25) is 0 Å². The fraction of sp³-hybridized carbons (Fsp3) is 0.0769. The summed E-state index contributed by atoms with van der Waals surface area (Å²) >= 11 is 3.93. The van der Waals surface area contributed by atoms with E-state index in [1.165, 1.54) is 9.99 Å². The van der Waals surface area contributed by atoms with Gasteiger partial charge in [0, 0.05) is 10.9 Å². The van der Waals surface area contributed by atoms with E-state index >= 15 is 0 Å². The molecule has 3 rings (SSSR count). The van der Waals surface area contributed by atoms with E-state index in [0.29, 0.717) is 11.1 Å². The first-order chi connectivity index (χ1) is 9.19. The molecule has 0 fully saturated rings. The number of aromatic amines is 1. The first-order valence-corrected chi connectivity index (χ1v) is 7.46. The van der Waals surface area contributed by atoms with Gasteiger partial charge in [0.05, 0.1) is 21.1 Å². The quantitative estimate of drug-likeness (QED) is 0.542. The number of imidazole rings is 1. The smallest absolute Gasteiger partial charge is 0.340 e. The minimum atomic E-state index is -0.372. The Balaban J connectivity index is 2.18. The number of carbonyl (C=O) groups is 1. The largest absolute Gasteiger partial charge is 0.465 e. The van der Waals surface area contributed by atoms with Crippen molar-refractivity contribution in [1.29, 1.82) is 0 Å². The molecule has 6 heteroatoms. The van der Waals surface area contributed by atoms with E-state index in [0.717, 1.165) is 16.9 Å². The van der Waals surface area contributed by atoms with Crippen LogP contribution in [0, 0.1) is 2.88 Å². The number of hydrogen-bond donors (Lipinski definition) is 1. The number of hydrogen-bond acceptors (Lipinski definition) is 4. The average Bonchev–Trinajstić information content (AvgIpc) is 3.02. The first kappa shape index (κ1) is 12.6. The molecule has 0 unspecified atom stereocenters. The summed E-state index contributed by atoms with van der Waals surface area (Å²) in [4.78, 5) is 19.4. The molecule has 19 heavy (non-hydrogen) atoms. The van der Waals surface area contributed by atoms with Crippen molar-refractivity contribution in [2.45, 2.75) is 0 Å². The molecule has 4 nitrogen and oxygen atoms in total. The van der Waals surface area contributed by atoms with Gasteiger partial charge in [0.1, 0.15) is 11.3 Å². The van der Waals surface area contributed by atoms with Gasteiger partial charge >= 0.3 is 5.97 Å². The molecule has 0 bridgehead atoms. The van der Waals surface area contributed by atoms with E-state index in [-0.39, 0.29) is 5.97 Å². The molecule has 3 aromatic rings. The second kappa shape index (κ2) is 4.93. The van der Waals surface area contributed by atoms with Crippen LogP contribution in [0.5, 0.6) is 0 Å². The molecule has 0 aliphatic heterocycles. The van der Waals surface area contributed by atoms with E-state index in [1.807, 2.05) is 17.5 Å². The third-order valence-corrected chi connectivity index (χ3v) is 4.55. The number of benzene rings is 1. The Labute approximate surface area is 127 Å². The number of halogens is 1. The van der Waals surface area contributed by atoms with Crippen LogP contribution in [0.25, 0.3) is 22.4 Å². The Morgan fingerprint density at radius 2 is 2.32 bits per heavy atom. The Kier molecular flexibility index (Phi) is 3.28. The van der Waals surface area contributed by atoms with Gasteiger partial charge in [0.15, 0.2) is 0 Å². The lowest BCUT2D eigenvalue weighted by Gasteiger charge is -1.98. The number of ether oxygens (including phenoxy) is 1. The highest BCUT2D eigenvalue weighted by Gasteiger charge is 2.14. The Hall–Kier alpha value is -1.41. The summed E-state index contributed by atoms with van der Waals surface area (Å²) in [6.45, 7) is 0. The first-order valence-electron chi connectivity index (χ1n) is 5.50. The Bertz CT molecular complexity index is 763. The predicted octanol–water partition coefficient (Wildman–Crippen LogP) is 3.68. The van der Waals surface area contributed by atoms with Crippen LogP contribution in [0.15, 0.2) is 29.6 Å². The van der Waals surface area contributed by atoms with Gasteiger partial charge in [-0.05, 0) is 40.8 Å². The second-order valence-corrected chi connectivity index (χ2v) is 6.72. The maximum Gasteiger partial charge on any atom is 0.340 e. The summed E-state index contributed by atoms with van der Waals surface area (Å²) in [5, 5.41) is 2.04. The molecule has 1 N–H and O–H groups in total. The van der Waals surface area contributed by atoms with Crippen molar-refractivity contribution in [2.75, 3.05) is 7.11 Å². The lowest BCUT2D eigenvalue weighted by molar-refractivity contribution is 0.0603. The number of aromatic nitrogens is 2. The second-order valence-electron chi connectivity index (χ2n) is 3.92. The fourth-order valence-corrected chi connectivity index (χ4v) is 3.21. The van der Waals surface area contributed by atoms with E-state index in [4.69, 9.17) is 4.74 Å². The fourth-order valence-electron chi connectivity index (χ4n) is 1.88. The molecule has 0 aliphatic rings. The zero-order valence-corrected chi connectivity index (χ0v) is 12.9. The summed E-state index contributed by atoms with van der Waals surface area (Å²) in [7, 11) is 1.37. The highest BCUT2D eigenvalue weighted by Crippen LogP contribution is 2.27. The maximum absolute atomic E-state index is 11.7. The molecule has 0 radical (unpaired) electrons. The Morgan fingerprint density at radius 1 is 1.47 bits per heavy atom. The highest BCUT2D eigenvalue weighted by molar-refractivity contribution is 14.1. The van der Waals surface area contributed by atoms with Gasteiger partial charge in [-0.1, -0.05) is 6.07 Å². The highest BCUT2D eigenvalue weighted by atomic mass is 127. The number of rotatable bonds is 2. The molecule has 0 amide bonds. The number of esters is 1. The summed E-state index contributed by atoms with van der Waals surface area (Å²) in [6, 6.07) is 7.49.